The molecular weight excluding hydrogens is 350 g/mol. The molecule has 27 heavy (non-hydrogen) atoms. The van der Waals surface area contributed by atoms with Gasteiger partial charge in [-0.15, -0.1) is 11.6 Å². The van der Waals surface area contributed by atoms with E-state index >= 15 is 0 Å². The zero-order valence-corrected chi connectivity index (χ0v) is 20.0. The summed E-state index contributed by atoms with van der Waals surface area (Å²) in [6, 6.07) is 0. The van der Waals surface area contributed by atoms with E-state index in [4.69, 9.17) is 11.6 Å². The summed E-state index contributed by atoms with van der Waals surface area (Å²) in [6.07, 6.45) is 30.9. The van der Waals surface area contributed by atoms with E-state index in [9.17, 15) is 0 Å². The highest BCUT2D eigenvalue weighted by Gasteiger charge is 2.04. The van der Waals surface area contributed by atoms with Crippen LogP contribution in [0.15, 0.2) is 0 Å². The molecule has 0 aromatic heterocycles. The van der Waals surface area contributed by atoms with Crippen LogP contribution in [0.3, 0.4) is 0 Å². The zero-order chi connectivity index (χ0) is 19.1. The van der Waals surface area contributed by atoms with Crippen LogP contribution < -0.4 is 6.15 Å². The van der Waals surface area contributed by atoms with Crippen LogP contribution in [0.5, 0.6) is 0 Å². The molecule has 0 bridgehead atoms. The number of hydrogen-bond acceptors (Lipinski definition) is 1. The van der Waals surface area contributed by atoms with Gasteiger partial charge in [-0.3, -0.25) is 0 Å². The Morgan fingerprint density at radius 2 is 0.630 bits per heavy atom. The Labute approximate surface area is 178 Å². The lowest BCUT2D eigenvalue weighted by molar-refractivity contribution is 0.522. The molecule has 0 aliphatic heterocycles. The lowest BCUT2D eigenvalue weighted by Gasteiger charge is -2.09. The summed E-state index contributed by atoms with van der Waals surface area (Å²) < 4.78 is 0. The Morgan fingerprint density at radius 3 is 0.889 bits per heavy atom. The fourth-order valence-electron chi connectivity index (χ4n) is 3.85. The summed E-state index contributed by atoms with van der Waals surface area (Å²) in [5, 5.41) is 0.443. The van der Waals surface area contributed by atoms with E-state index < -0.39 is 0 Å². The summed E-state index contributed by atoms with van der Waals surface area (Å²) >= 11 is 6.50. The van der Waals surface area contributed by atoms with Gasteiger partial charge in [0.05, 0.1) is 0 Å². The van der Waals surface area contributed by atoms with Crippen molar-refractivity contribution in [3.8, 4) is 0 Å². The van der Waals surface area contributed by atoms with E-state index in [-0.39, 0.29) is 6.15 Å². The molecule has 0 fully saturated rings. The van der Waals surface area contributed by atoms with E-state index in [2.05, 4.69) is 13.8 Å². The number of halogens is 1. The van der Waals surface area contributed by atoms with Gasteiger partial charge in [-0.2, -0.15) is 0 Å². The average molecular weight is 404 g/mol. The first-order valence-electron chi connectivity index (χ1n) is 12.4. The van der Waals surface area contributed by atoms with Crippen molar-refractivity contribution < 1.29 is 0 Å². The SMILES string of the molecule is CCCCCCCCCCCCC(Cl)CCCCCCCCCCCC.N. The molecule has 0 saturated carbocycles. The van der Waals surface area contributed by atoms with Crippen molar-refractivity contribution in [2.75, 3.05) is 0 Å². The molecule has 166 valence electrons. The fourth-order valence-corrected chi connectivity index (χ4v) is 4.16. The van der Waals surface area contributed by atoms with E-state index in [1.807, 2.05) is 0 Å². The molecule has 0 aliphatic rings. The minimum Gasteiger partial charge on any atom is -0.344 e. The molecule has 0 amide bonds. The largest absolute Gasteiger partial charge is 0.344 e. The normalized spacial score (nSPS) is 11.1. The molecule has 0 heterocycles. The Bertz CT molecular complexity index is 220. The van der Waals surface area contributed by atoms with E-state index in [0.29, 0.717) is 5.38 Å². The lowest BCUT2D eigenvalue weighted by atomic mass is 10.0. The topological polar surface area (TPSA) is 35.0 Å². The van der Waals surface area contributed by atoms with Gasteiger partial charge in [-0.25, -0.2) is 0 Å². The highest BCUT2D eigenvalue weighted by atomic mass is 35.5. The number of alkyl halides is 1. The summed E-state index contributed by atoms with van der Waals surface area (Å²) in [6.45, 7) is 4.58. The minimum absolute atomic E-state index is 0. The van der Waals surface area contributed by atoms with Crippen molar-refractivity contribution in [2.45, 2.75) is 160 Å². The summed E-state index contributed by atoms with van der Waals surface area (Å²) in [4.78, 5) is 0. The number of rotatable bonds is 22. The first-order valence-corrected chi connectivity index (χ1v) is 12.9. The molecule has 1 nitrogen and oxygen atoms in total. The van der Waals surface area contributed by atoms with Crippen LogP contribution in [0, 0.1) is 0 Å². The van der Waals surface area contributed by atoms with Gasteiger partial charge in [0.15, 0.2) is 0 Å². The fraction of sp³-hybridized carbons (Fsp3) is 1.00. The van der Waals surface area contributed by atoms with Gasteiger partial charge in [0.1, 0.15) is 0 Å². The quantitative estimate of drug-likeness (QED) is 0.141. The molecule has 2 heteroatoms. The molecule has 0 radical (unpaired) electrons. The average Bonchev–Trinajstić information content (AvgIpc) is 2.64. The maximum atomic E-state index is 6.50. The van der Waals surface area contributed by atoms with Crippen molar-refractivity contribution in [3.05, 3.63) is 0 Å². The van der Waals surface area contributed by atoms with Gasteiger partial charge in [-0.1, -0.05) is 142 Å². The lowest BCUT2D eigenvalue weighted by Crippen LogP contribution is -1.98. The third kappa shape index (κ3) is 26.2. The maximum Gasteiger partial charge on any atom is 0.0336 e. The third-order valence-electron chi connectivity index (χ3n) is 5.74. The molecule has 0 rings (SSSR count). The molecule has 0 saturated heterocycles. The van der Waals surface area contributed by atoms with E-state index in [1.165, 1.54) is 141 Å². The van der Waals surface area contributed by atoms with Crippen molar-refractivity contribution in [1.82, 2.24) is 6.15 Å². The summed E-state index contributed by atoms with van der Waals surface area (Å²) in [7, 11) is 0. The predicted octanol–water partition coefficient (Wildman–Crippen LogP) is 10.4. The molecule has 0 aromatic carbocycles. The van der Waals surface area contributed by atoms with Crippen LogP contribution >= 0.6 is 11.6 Å². The third-order valence-corrected chi connectivity index (χ3v) is 6.18. The van der Waals surface area contributed by atoms with Gasteiger partial charge in [-0.05, 0) is 12.8 Å². The van der Waals surface area contributed by atoms with E-state index in [1.54, 1.807) is 0 Å². The molecule has 3 N–H and O–H groups in total. The van der Waals surface area contributed by atoms with Crippen LogP contribution in [0.4, 0.5) is 0 Å². The first-order chi connectivity index (χ1) is 12.8. The first kappa shape index (κ1) is 29.5. The maximum absolute atomic E-state index is 6.50. The Hall–Kier alpha value is 0.250. The zero-order valence-electron chi connectivity index (χ0n) is 19.2. The second kappa shape index (κ2) is 26.2. The molecule has 0 atom stereocenters. The van der Waals surface area contributed by atoms with Crippen molar-refractivity contribution in [1.29, 1.82) is 0 Å². The van der Waals surface area contributed by atoms with Crippen molar-refractivity contribution >= 4 is 11.6 Å². The Morgan fingerprint density at radius 1 is 0.407 bits per heavy atom. The molecule has 0 aromatic rings. The number of hydrogen-bond donors (Lipinski definition) is 1. The van der Waals surface area contributed by atoms with Gasteiger partial charge >= 0.3 is 0 Å². The predicted molar refractivity (Wildman–Crippen MR) is 128 cm³/mol. The summed E-state index contributed by atoms with van der Waals surface area (Å²) in [5.74, 6) is 0. The molecular formula is C25H54ClN. The van der Waals surface area contributed by atoms with E-state index in [0.717, 1.165) is 0 Å². The summed E-state index contributed by atoms with van der Waals surface area (Å²) in [5.41, 5.74) is 0. The highest BCUT2D eigenvalue weighted by Crippen LogP contribution is 2.18. The standard InChI is InChI=1S/C25H51Cl.H3N/c1-3-5-7-9-11-13-15-17-19-21-23-25(26)24-22-20-18-16-14-12-10-8-6-4-2;/h25H,3-24H2,1-2H3;1H3. The van der Waals surface area contributed by atoms with Crippen molar-refractivity contribution in [3.63, 3.8) is 0 Å². The second-order valence-corrected chi connectivity index (χ2v) is 9.16. The minimum atomic E-state index is 0. The second-order valence-electron chi connectivity index (χ2n) is 8.54. The van der Waals surface area contributed by atoms with Gasteiger partial charge in [0.25, 0.3) is 0 Å². The van der Waals surface area contributed by atoms with Crippen LogP contribution in [-0.2, 0) is 0 Å². The Kier molecular flexibility index (Phi) is 28.6. The Balaban J connectivity index is 0. The molecule has 0 unspecified atom stereocenters. The van der Waals surface area contributed by atoms with Crippen LogP contribution in [-0.4, -0.2) is 5.38 Å². The van der Waals surface area contributed by atoms with Gasteiger partial charge in [0, 0.05) is 5.38 Å². The molecule has 0 aliphatic carbocycles. The monoisotopic (exact) mass is 403 g/mol. The molecule has 0 spiro atoms. The van der Waals surface area contributed by atoms with Crippen molar-refractivity contribution in [2.24, 2.45) is 0 Å². The van der Waals surface area contributed by atoms with Crippen LogP contribution in [0.2, 0.25) is 0 Å². The highest BCUT2D eigenvalue weighted by molar-refractivity contribution is 6.20. The smallest absolute Gasteiger partial charge is 0.0336 e. The van der Waals surface area contributed by atoms with Crippen LogP contribution in [0.25, 0.3) is 0 Å². The van der Waals surface area contributed by atoms with Crippen LogP contribution in [0.1, 0.15) is 155 Å². The van der Waals surface area contributed by atoms with Gasteiger partial charge in [0.2, 0.25) is 0 Å². The van der Waals surface area contributed by atoms with Gasteiger partial charge < -0.3 is 6.15 Å². The number of unbranched alkanes of at least 4 members (excludes halogenated alkanes) is 18.